The van der Waals surface area contributed by atoms with E-state index < -0.39 is 0 Å². The molecular weight excluding hydrogens is 134 g/mol. The largest absolute Gasteiger partial charge is 0.347 e. The molecule has 0 fully saturated rings. The summed E-state index contributed by atoms with van der Waals surface area (Å²) >= 11 is 0. The molecule has 1 unspecified atom stereocenters. The molecule has 0 saturated heterocycles. The fraction of sp³-hybridized carbons (Fsp3) is 0.200. The second-order valence-corrected chi connectivity index (χ2v) is 2.75. The van der Waals surface area contributed by atoms with Crippen LogP contribution in [0.1, 0.15) is 6.42 Å². The number of fused-ring (bicyclic) bond motifs is 1. The van der Waals surface area contributed by atoms with Gasteiger partial charge in [0.15, 0.2) is 0 Å². The first-order valence-electron chi connectivity index (χ1n) is 3.92. The second-order valence-electron chi connectivity index (χ2n) is 2.75. The van der Waals surface area contributed by atoms with Gasteiger partial charge in [-0.3, -0.25) is 0 Å². The Bertz CT molecular complexity index is 246. The van der Waals surface area contributed by atoms with Crippen LogP contribution in [0.4, 0.5) is 0 Å². The number of rotatable bonds is 0. The third-order valence-electron chi connectivity index (χ3n) is 1.97. The molecule has 0 N–H and O–H groups in total. The Morgan fingerprint density at radius 3 is 2.73 bits per heavy atom. The first-order valence-corrected chi connectivity index (χ1v) is 3.92. The van der Waals surface area contributed by atoms with E-state index in [0.717, 1.165) is 6.42 Å². The highest BCUT2D eigenvalue weighted by Gasteiger charge is 2.10. The fourth-order valence-electron chi connectivity index (χ4n) is 1.36. The van der Waals surface area contributed by atoms with Gasteiger partial charge in [0.1, 0.15) is 0 Å². The van der Waals surface area contributed by atoms with Gasteiger partial charge in [-0.2, -0.15) is 0 Å². The maximum atomic E-state index is 2.22. The summed E-state index contributed by atoms with van der Waals surface area (Å²) in [5.74, 6) is 0. The van der Waals surface area contributed by atoms with E-state index in [4.69, 9.17) is 0 Å². The average Bonchev–Trinajstić information content (AvgIpc) is 2.28. The number of hydrogen-bond acceptors (Lipinski definition) is 1. The molecule has 0 bridgehead atoms. The average molecular weight is 145 g/mol. The summed E-state index contributed by atoms with van der Waals surface area (Å²) in [7, 11) is 0. The first kappa shape index (κ1) is 6.47. The highest BCUT2D eigenvalue weighted by atomic mass is 15.1. The van der Waals surface area contributed by atoms with E-state index in [2.05, 4.69) is 53.8 Å². The van der Waals surface area contributed by atoms with Crippen LogP contribution >= 0.6 is 0 Å². The minimum Gasteiger partial charge on any atom is -0.347 e. The zero-order chi connectivity index (χ0) is 7.52. The van der Waals surface area contributed by atoms with Gasteiger partial charge in [-0.25, -0.2) is 0 Å². The van der Waals surface area contributed by atoms with Crippen LogP contribution in [0.2, 0.25) is 0 Å². The Morgan fingerprint density at radius 1 is 1.00 bits per heavy atom. The summed E-state index contributed by atoms with van der Waals surface area (Å²) in [6.07, 6.45) is 18.1. The molecule has 1 atom stereocenters. The normalized spacial score (nSPS) is 26.9. The lowest BCUT2D eigenvalue weighted by molar-refractivity contribution is 0.426. The number of allylic oxidation sites excluding steroid dienone is 4. The SMILES string of the molecule is C1=CCC2C=CC=CN2C=C1. The molecule has 1 nitrogen and oxygen atoms in total. The zero-order valence-corrected chi connectivity index (χ0v) is 6.35. The summed E-state index contributed by atoms with van der Waals surface area (Å²) < 4.78 is 0. The molecule has 0 aromatic carbocycles. The molecular formula is C10H11N. The van der Waals surface area contributed by atoms with Crippen LogP contribution < -0.4 is 0 Å². The van der Waals surface area contributed by atoms with Gasteiger partial charge in [-0.05, 0) is 18.6 Å². The summed E-state index contributed by atoms with van der Waals surface area (Å²) in [5, 5.41) is 0. The Morgan fingerprint density at radius 2 is 1.82 bits per heavy atom. The molecule has 2 aliphatic rings. The Hall–Kier alpha value is -1.24. The third-order valence-corrected chi connectivity index (χ3v) is 1.97. The van der Waals surface area contributed by atoms with Gasteiger partial charge < -0.3 is 4.90 Å². The second kappa shape index (κ2) is 2.79. The van der Waals surface area contributed by atoms with Crippen LogP contribution in [0.15, 0.2) is 48.9 Å². The smallest absolute Gasteiger partial charge is 0.0548 e. The zero-order valence-electron chi connectivity index (χ0n) is 6.35. The van der Waals surface area contributed by atoms with Crippen molar-refractivity contribution in [1.82, 2.24) is 4.90 Å². The van der Waals surface area contributed by atoms with Crippen molar-refractivity contribution in [2.24, 2.45) is 0 Å². The monoisotopic (exact) mass is 145 g/mol. The molecule has 0 radical (unpaired) electrons. The molecule has 1 heteroatoms. The van der Waals surface area contributed by atoms with Crippen molar-refractivity contribution in [2.75, 3.05) is 0 Å². The molecule has 0 aromatic rings. The quantitative estimate of drug-likeness (QED) is 0.505. The van der Waals surface area contributed by atoms with Crippen LogP contribution in [0.3, 0.4) is 0 Å². The van der Waals surface area contributed by atoms with Crippen molar-refractivity contribution < 1.29 is 0 Å². The highest BCUT2D eigenvalue weighted by molar-refractivity contribution is 5.20. The first-order chi connectivity index (χ1) is 5.47. The van der Waals surface area contributed by atoms with Crippen molar-refractivity contribution in [3.63, 3.8) is 0 Å². The lowest BCUT2D eigenvalue weighted by Crippen LogP contribution is -2.24. The van der Waals surface area contributed by atoms with Crippen molar-refractivity contribution in [3.8, 4) is 0 Å². The summed E-state index contributed by atoms with van der Waals surface area (Å²) in [6, 6.07) is 0.537. The van der Waals surface area contributed by atoms with Gasteiger partial charge in [0.05, 0.1) is 6.04 Å². The lowest BCUT2D eigenvalue weighted by atomic mass is 10.1. The maximum Gasteiger partial charge on any atom is 0.0548 e. The van der Waals surface area contributed by atoms with Gasteiger partial charge >= 0.3 is 0 Å². The van der Waals surface area contributed by atoms with Crippen LogP contribution in [0.5, 0.6) is 0 Å². The third kappa shape index (κ3) is 1.27. The molecule has 2 aliphatic heterocycles. The molecule has 0 spiro atoms. The fourth-order valence-corrected chi connectivity index (χ4v) is 1.36. The predicted octanol–water partition coefficient (Wildman–Crippen LogP) is 2.21. The van der Waals surface area contributed by atoms with E-state index in [1.54, 1.807) is 0 Å². The standard InChI is InChI=1S/C10H11N/c1-2-6-10-7-3-5-9-11(10)8-4-1/h1-5,7-10H,6H2. The number of nitrogens with zero attached hydrogens (tertiary/aromatic N) is 1. The predicted molar refractivity (Wildman–Crippen MR) is 46.8 cm³/mol. The lowest BCUT2D eigenvalue weighted by Gasteiger charge is -2.24. The molecule has 0 saturated carbocycles. The Kier molecular flexibility index (Phi) is 1.64. The topological polar surface area (TPSA) is 3.24 Å². The van der Waals surface area contributed by atoms with E-state index in [-0.39, 0.29) is 0 Å². The number of hydrogen-bond donors (Lipinski definition) is 0. The Balaban J connectivity index is 2.23. The van der Waals surface area contributed by atoms with Crippen molar-refractivity contribution >= 4 is 0 Å². The molecule has 0 amide bonds. The highest BCUT2D eigenvalue weighted by Crippen LogP contribution is 2.15. The summed E-state index contributed by atoms with van der Waals surface area (Å²) in [5.41, 5.74) is 0. The van der Waals surface area contributed by atoms with Crippen LogP contribution in [-0.2, 0) is 0 Å². The van der Waals surface area contributed by atoms with Crippen molar-refractivity contribution in [1.29, 1.82) is 0 Å². The molecule has 0 aliphatic carbocycles. The van der Waals surface area contributed by atoms with Gasteiger partial charge in [-0.15, -0.1) is 0 Å². The van der Waals surface area contributed by atoms with Crippen LogP contribution in [-0.4, -0.2) is 10.9 Å². The van der Waals surface area contributed by atoms with Gasteiger partial charge in [-0.1, -0.05) is 24.3 Å². The Labute approximate surface area is 67.0 Å². The maximum absolute atomic E-state index is 2.22. The van der Waals surface area contributed by atoms with Crippen LogP contribution in [0.25, 0.3) is 0 Å². The van der Waals surface area contributed by atoms with E-state index in [0.29, 0.717) is 6.04 Å². The van der Waals surface area contributed by atoms with E-state index in [1.165, 1.54) is 0 Å². The molecule has 11 heavy (non-hydrogen) atoms. The molecule has 2 heterocycles. The minimum absolute atomic E-state index is 0.537. The van der Waals surface area contributed by atoms with E-state index in [9.17, 15) is 0 Å². The molecule has 56 valence electrons. The van der Waals surface area contributed by atoms with E-state index >= 15 is 0 Å². The summed E-state index contributed by atoms with van der Waals surface area (Å²) in [6.45, 7) is 0. The van der Waals surface area contributed by atoms with Gasteiger partial charge in [0.25, 0.3) is 0 Å². The van der Waals surface area contributed by atoms with Crippen LogP contribution in [0, 0.1) is 0 Å². The van der Waals surface area contributed by atoms with Crippen molar-refractivity contribution in [3.05, 3.63) is 48.9 Å². The minimum atomic E-state index is 0.537. The van der Waals surface area contributed by atoms with E-state index in [1.807, 2.05) is 0 Å². The van der Waals surface area contributed by atoms with Crippen molar-refractivity contribution in [2.45, 2.75) is 12.5 Å². The molecule has 2 rings (SSSR count). The van der Waals surface area contributed by atoms with Gasteiger partial charge in [0, 0.05) is 12.4 Å². The molecule has 0 aromatic heterocycles. The summed E-state index contributed by atoms with van der Waals surface area (Å²) in [4.78, 5) is 2.22. The van der Waals surface area contributed by atoms with Gasteiger partial charge in [0.2, 0.25) is 0 Å².